The molecule has 18 heavy (non-hydrogen) atoms. The fourth-order valence-corrected chi connectivity index (χ4v) is 2.99. The molecular formula is C14H20O3S. The monoisotopic (exact) mass is 268 g/mol. The molecule has 1 aromatic rings. The van der Waals surface area contributed by atoms with Crippen LogP contribution in [0.5, 0.6) is 0 Å². The summed E-state index contributed by atoms with van der Waals surface area (Å²) in [5.41, 5.74) is 1.09. The maximum absolute atomic E-state index is 12.0. The number of ketones is 1. The van der Waals surface area contributed by atoms with Gasteiger partial charge in [-0.3, -0.25) is 4.79 Å². The lowest BCUT2D eigenvalue weighted by Crippen LogP contribution is -2.15. The number of hydrogen-bond acceptors (Lipinski definition) is 3. The van der Waals surface area contributed by atoms with E-state index in [4.69, 9.17) is 0 Å². The lowest BCUT2D eigenvalue weighted by atomic mass is 10.0. The minimum Gasteiger partial charge on any atom is -0.299 e. The molecule has 0 amide bonds. The zero-order chi connectivity index (χ0) is 13.8. The fraction of sp³-hybridized carbons (Fsp3) is 0.500. The van der Waals surface area contributed by atoms with Crippen LogP contribution in [-0.4, -0.2) is 20.0 Å². The zero-order valence-corrected chi connectivity index (χ0v) is 12.0. The summed E-state index contributed by atoms with van der Waals surface area (Å²) >= 11 is 0. The molecule has 1 aromatic carbocycles. The second-order valence-electron chi connectivity index (χ2n) is 4.77. The molecular weight excluding hydrogens is 248 g/mol. The molecule has 0 aromatic heterocycles. The van der Waals surface area contributed by atoms with Crippen molar-refractivity contribution >= 4 is 15.6 Å². The van der Waals surface area contributed by atoms with Crippen LogP contribution in [0.15, 0.2) is 29.2 Å². The average molecular weight is 268 g/mol. The second kappa shape index (κ2) is 6.14. The number of rotatable bonds is 6. The van der Waals surface area contributed by atoms with Crippen LogP contribution in [0, 0.1) is 0 Å². The SMILES string of the molecule is CCCC(=O)CS(=O)(=O)c1ccc(C(C)C)cc1. The van der Waals surface area contributed by atoms with Crippen LogP contribution in [-0.2, 0) is 14.6 Å². The van der Waals surface area contributed by atoms with Gasteiger partial charge in [-0.1, -0.05) is 32.9 Å². The van der Waals surface area contributed by atoms with Gasteiger partial charge in [-0.2, -0.15) is 0 Å². The summed E-state index contributed by atoms with van der Waals surface area (Å²) < 4.78 is 24.0. The molecule has 4 heteroatoms. The Balaban J connectivity index is 2.88. The molecule has 0 saturated carbocycles. The molecule has 0 aliphatic heterocycles. The van der Waals surface area contributed by atoms with E-state index in [2.05, 4.69) is 0 Å². The van der Waals surface area contributed by atoms with E-state index in [1.807, 2.05) is 32.9 Å². The summed E-state index contributed by atoms with van der Waals surface area (Å²) in [7, 11) is -3.47. The van der Waals surface area contributed by atoms with Gasteiger partial charge in [0.15, 0.2) is 9.84 Å². The Morgan fingerprint density at radius 1 is 1.17 bits per heavy atom. The van der Waals surface area contributed by atoms with Gasteiger partial charge in [-0.05, 0) is 30.0 Å². The van der Waals surface area contributed by atoms with Crippen molar-refractivity contribution in [3.63, 3.8) is 0 Å². The largest absolute Gasteiger partial charge is 0.299 e. The van der Waals surface area contributed by atoms with Crippen LogP contribution in [0.2, 0.25) is 0 Å². The van der Waals surface area contributed by atoms with Crippen LogP contribution >= 0.6 is 0 Å². The summed E-state index contributed by atoms with van der Waals surface area (Å²) in [5, 5.41) is 0. The minimum absolute atomic E-state index is 0.217. The molecule has 0 bridgehead atoms. The van der Waals surface area contributed by atoms with Gasteiger partial charge < -0.3 is 0 Å². The topological polar surface area (TPSA) is 51.2 Å². The quantitative estimate of drug-likeness (QED) is 0.797. The molecule has 0 aliphatic rings. The van der Waals surface area contributed by atoms with E-state index in [0.717, 1.165) is 5.56 Å². The normalized spacial score (nSPS) is 11.8. The van der Waals surface area contributed by atoms with E-state index in [1.54, 1.807) is 12.1 Å². The van der Waals surface area contributed by atoms with Gasteiger partial charge in [-0.25, -0.2) is 8.42 Å². The Bertz CT molecular complexity index is 498. The minimum atomic E-state index is -3.47. The van der Waals surface area contributed by atoms with Gasteiger partial charge in [-0.15, -0.1) is 0 Å². The Morgan fingerprint density at radius 2 is 1.72 bits per heavy atom. The number of hydrogen-bond donors (Lipinski definition) is 0. The third kappa shape index (κ3) is 3.95. The van der Waals surface area contributed by atoms with Crippen LogP contribution in [0.4, 0.5) is 0 Å². The van der Waals surface area contributed by atoms with E-state index in [1.165, 1.54) is 0 Å². The van der Waals surface area contributed by atoms with Gasteiger partial charge in [0.25, 0.3) is 0 Å². The summed E-state index contributed by atoms with van der Waals surface area (Å²) in [4.78, 5) is 11.7. The highest BCUT2D eigenvalue weighted by molar-refractivity contribution is 7.92. The Hall–Kier alpha value is -1.16. The first-order valence-electron chi connectivity index (χ1n) is 6.21. The summed E-state index contributed by atoms with van der Waals surface area (Å²) in [6, 6.07) is 6.79. The summed E-state index contributed by atoms with van der Waals surface area (Å²) in [6.07, 6.45) is 1.00. The number of carbonyl (C=O) groups is 1. The Kier molecular flexibility index (Phi) is 5.08. The molecule has 0 N–H and O–H groups in total. The van der Waals surface area contributed by atoms with Crippen LogP contribution in [0.1, 0.15) is 45.1 Å². The van der Waals surface area contributed by atoms with E-state index in [9.17, 15) is 13.2 Å². The maximum atomic E-state index is 12.0. The first-order valence-corrected chi connectivity index (χ1v) is 7.86. The highest BCUT2D eigenvalue weighted by Gasteiger charge is 2.18. The summed E-state index contributed by atoms with van der Waals surface area (Å²) in [6.45, 7) is 5.96. The fourth-order valence-electron chi connectivity index (χ4n) is 1.71. The van der Waals surface area contributed by atoms with Gasteiger partial charge in [0.2, 0.25) is 0 Å². The van der Waals surface area contributed by atoms with Crippen molar-refractivity contribution in [3.8, 4) is 0 Å². The molecule has 0 unspecified atom stereocenters. The number of carbonyl (C=O) groups excluding carboxylic acids is 1. The second-order valence-corrected chi connectivity index (χ2v) is 6.76. The van der Waals surface area contributed by atoms with Gasteiger partial charge >= 0.3 is 0 Å². The molecule has 100 valence electrons. The molecule has 0 radical (unpaired) electrons. The van der Waals surface area contributed by atoms with Crippen molar-refractivity contribution in [2.24, 2.45) is 0 Å². The Morgan fingerprint density at radius 3 is 2.17 bits per heavy atom. The zero-order valence-electron chi connectivity index (χ0n) is 11.1. The average Bonchev–Trinajstić information content (AvgIpc) is 2.28. The van der Waals surface area contributed by atoms with Crippen molar-refractivity contribution < 1.29 is 13.2 Å². The third-order valence-corrected chi connectivity index (χ3v) is 4.48. The molecule has 0 heterocycles. The van der Waals surface area contributed by atoms with E-state index in [0.29, 0.717) is 18.8 Å². The molecule has 3 nitrogen and oxygen atoms in total. The molecule has 0 spiro atoms. The number of benzene rings is 1. The van der Waals surface area contributed by atoms with Crippen LogP contribution < -0.4 is 0 Å². The first-order chi connectivity index (χ1) is 8.36. The molecule has 0 atom stereocenters. The van der Waals surface area contributed by atoms with Crippen molar-refractivity contribution in [1.82, 2.24) is 0 Å². The summed E-state index contributed by atoms with van der Waals surface area (Å²) in [5.74, 6) is -0.240. The molecule has 0 fully saturated rings. The van der Waals surface area contributed by atoms with E-state index >= 15 is 0 Å². The lowest BCUT2D eigenvalue weighted by Gasteiger charge is -2.07. The van der Waals surface area contributed by atoms with Crippen LogP contribution in [0.3, 0.4) is 0 Å². The smallest absolute Gasteiger partial charge is 0.185 e. The van der Waals surface area contributed by atoms with Gasteiger partial charge in [0, 0.05) is 6.42 Å². The third-order valence-electron chi connectivity index (χ3n) is 2.79. The van der Waals surface area contributed by atoms with Crippen molar-refractivity contribution in [1.29, 1.82) is 0 Å². The maximum Gasteiger partial charge on any atom is 0.185 e. The standard InChI is InChI=1S/C14H20O3S/c1-4-5-13(15)10-18(16,17)14-8-6-12(7-9-14)11(2)3/h6-9,11H,4-5,10H2,1-3H3. The number of Topliss-reactive ketones (excluding diaryl/α,β-unsaturated/α-hetero) is 1. The highest BCUT2D eigenvalue weighted by atomic mass is 32.2. The van der Waals surface area contributed by atoms with Crippen molar-refractivity contribution in [3.05, 3.63) is 29.8 Å². The number of sulfone groups is 1. The van der Waals surface area contributed by atoms with Gasteiger partial charge in [0.1, 0.15) is 11.5 Å². The molecule has 0 saturated heterocycles. The van der Waals surface area contributed by atoms with Crippen molar-refractivity contribution in [2.75, 3.05) is 5.75 Å². The van der Waals surface area contributed by atoms with Crippen LogP contribution in [0.25, 0.3) is 0 Å². The van der Waals surface area contributed by atoms with Crippen molar-refractivity contribution in [2.45, 2.75) is 44.4 Å². The highest BCUT2D eigenvalue weighted by Crippen LogP contribution is 2.18. The molecule has 0 aliphatic carbocycles. The van der Waals surface area contributed by atoms with E-state index < -0.39 is 9.84 Å². The van der Waals surface area contributed by atoms with Gasteiger partial charge in [0.05, 0.1) is 4.90 Å². The Labute approximate surface area is 109 Å². The molecule has 1 rings (SSSR count). The predicted octanol–water partition coefficient (Wildman–Crippen LogP) is 2.95. The predicted molar refractivity (Wildman–Crippen MR) is 72.5 cm³/mol. The lowest BCUT2D eigenvalue weighted by molar-refractivity contribution is -0.116. The van der Waals surface area contributed by atoms with E-state index in [-0.39, 0.29) is 16.4 Å². The first kappa shape index (κ1) is 14.9.